The lowest BCUT2D eigenvalue weighted by atomic mass is 9.85. The van der Waals surface area contributed by atoms with Gasteiger partial charge in [0.05, 0.1) is 5.39 Å². The predicted octanol–water partition coefficient (Wildman–Crippen LogP) is 3.00. The van der Waals surface area contributed by atoms with Crippen LogP contribution in [0, 0.1) is 6.92 Å². The van der Waals surface area contributed by atoms with E-state index in [2.05, 4.69) is 6.58 Å². The van der Waals surface area contributed by atoms with Crippen LogP contribution in [0.4, 0.5) is 4.79 Å². The van der Waals surface area contributed by atoms with Crippen molar-refractivity contribution in [2.24, 2.45) is 0 Å². The number of benzene rings is 1. The Bertz CT molecular complexity index is 1200. The van der Waals surface area contributed by atoms with Crippen molar-refractivity contribution in [3.63, 3.8) is 0 Å². The SMILES string of the molecule is C=CC[C@]1(C)O[C@@H](Oc2ccc3c(O)c(C(C)=O)c(=O)oc3c2C)[C@@H]2OC(=O)O[C@@H]2[C@H]1OC. The van der Waals surface area contributed by atoms with Gasteiger partial charge in [-0.2, -0.15) is 0 Å². The number of aryl methyl sites for hydroxylation is 1. The number of Topliss-reactive ketones (excluding diaryl/α,β-unsaturated/α-hetero) is 1. The van der Waals surface area contributed by atoms with Gasteiger partial charge in [0.2, 0.25) is 12.4 Å². The Hall–Kier alpha value is -3.37. The summed E-state index contributed by atoms with van der Waals surface area (Å²) in [6.07, 6.45) is -2.25. The second-order valence-corrected chi connectivity index (χ2v) is 8.22. The zero-order chi connectivity index (χ0) is 24.1. The quantitative estimate of drug-likeness (QED) is 0.297. The van der Waals surface area contributed by atoms with Gasteiger partial charge in [-0.05, 0) is 39.3 Å². The number of aromatic hydroxyl groups is 1. The molecule has 176 valence electrons. The molecule has 5 atom stereocenters. The second-order valence-electron chi connectivity index (χ2n) is 8.22. The van der Waals surface area contributed by atoms with Crippen LogP contribution in [0.15, 0.2) is 34.0 Å². The van der Waals surface area contributed by atoms with Crippen molar-refractivity contribution in [3.05, 3.63) is 46.3 Å². The summed E-state index contributed by atoms with van der Waals surface area (Å²) in [6, 6.07) is 2.99. The minimum absolute atomic E-state index is 0.0515. The fourth-order valence-corrected chi connectivity index (χ4v) is 4.43. The van der Waals surface area contributed by atoms with Crippen molar-refractivity contribution in [2.75, 3.05) is 7.11 Å². The van der Waals surface area contributed by atoms with Crippen LogP contribution < -0.4 is 10.4 Å². The molecule has 2 fully saturated rings. The highest BCUT2D eigenvalue weighted by Crippen LogP contribution is 2.42. The predicted molar refractivity (Wildman–Crippen MR) is 114 cm³/mol. The van der Waals surface area contributed by atoms with Gasteiger partial charge in [-0.25, -0.2) is 9.59 Å². The molecule has 10 heteroatoms. The summed E-state index contributed by atoms with van der Waals surface area (Å²) >= 11 is 0. The largest absolute Gasteiger partial charge is 0.509 e. The van der Waals surface area contributed by atoms with E-state index in [1.54, 1.807) is 19.9 Å². The van der Waals surface area contributed by atoms with Gasteiger partial charge in [0.25, 0.3) is 0 Å². The van der Waals surface area contributed by atoms with Crippen molar-refractivity contribution in [2.45, 2.75) is 57.4 Å². The van der Waals surface area contributed by atoms with Crippen LogP contribution in [0.3, 0.4) is 0 Å². The maximum atomic E-state index is 12.3. The average Bonchev–Trinajstić information content (AvgIpc) is 3.11. The molecular formula is C23H24O10. The molecular weight excluding hydrogens is 436 g/mol. The molecule has 1 aromatic heterocycles. The second kappa shape index (κ2) is 8.20. The summed E-state index contributed by atoms with van der Waals surface area (Å²) in [5, 5.41) is 10.6. The van der Waals surface area contributed by atoms with E-state index >= 15 is 0 Å². The van der Waals surface area contributed by atoms with Crippen LogP contribution in [-0.2, 0) is 18.9 Å². The monoisotopic (exact) mass is 460 g/mol. The van der Waals surface area contributed by atoms with Crippen LogP contribution in [0.1, 0.15) is 36.2 Å². The van der Waals surface area contributed by atoms with Crippen LogP contribution in [0.25, 0.3) is 11.0 Å². The number of rotatable bonds is 6. The van der Waals surface area contributed by atoms with E-state index in [-0.39, 0.29) is 16.7 Å². The number of hydrogen-bond donors (Lipinski definition) is 1. The number of fused-ring (bicyclic) bond motifs is 2. The third-order valence-corrected chi connectivity index (χ3v) is 5.99. The van der Waals surface area contributed by atoms with E-state index in [1.807, 2.05) is 0 Å². The fourth-order valence-electron chi connectivity index (χ4n) is 4.43. The Morgan fingerprint density at radius 2 is 1.97 bits per heavy atom. The van der Waals surface area contributed by atoms with Crippen molar-refractivity contribution >= 4 is 22.9 Å². The lowest BCUT2D eigenvalue weighted by Crippen LogP contribution is -2.63. The first kappa shape index (κ1) is 22.8. The Morgan fingerprint density at radius 3 is 2.61 bits per heavy atom. The first-order valence-corrected chi connectivity index (χ1v) is 10.3. The van der Waals surface area contributed by atoms with Gasteiger partial charge >= 0.3 is 11.8 Å². The minimum atomic E-state index is -1.08. The highest BCUT2D eigenvalue weighted by Gasteiger charge is 2.60. The highest BCUT2D eigenvalue weighted by molar-refractivity contribution is 6.02. The molecule has 0 aliphatic carbocycles. The van der Waals surface area contributed by atoms with Gasteiger partial charge in [0.1, 0.15) is 34.4 Å². The molecule has 0 amide bonds. The number of ether oxygens (including phenoxy) is 5. The maximum absolute atomic E-state index is 12.3. The molecule has 0 spiro atoms. The molecule has 0 unspecified atom stereocenters. The van der Waals surface area contributed by atoms with Gasteiger partial charge in [-0.3, -0.25) is 4.79 Å². The van der Waals surface area contributed by atoms with E-state index in [9.17, 15) is 19.5 Å². The lowest BCUT2D eigenvalue weighted by Gasteiger charge is -2.46. The summed E-state index contributed by atoms with van der Waals surface area (Å²) in [4.78, 5) is 35.9. The van der Waals surface area contributed by atoms with Crippen LogP contribution in [-0.4, -0.2) is 54.4 Å². The average molecular weight is 460 g/mol. The Balaban J connectivity index is 1.75. The first-order chi connectivity index (χ1) is 15.6. The van der Waals surface area contributed by atoms with Gasteiger partial charge < -0.3 is 33.2 Å². The zero-order valence-corrected chi connectivity index (χ0v) is 18.6. The minimum Gasteiger partial charge on any atom is -0.506 e. The third-order valence-electron chi connectivity index (χ3n) is 5.99. The Morgan fingerprint density at radius 1 is 1.27 bits per heavy atom. The van der Waals surface area contributed by atoms with Crippen LogP contribution in [0.5, 0.6) is 11.5 Å². The molecule has 4 rings (SSSR count). The third kappa shape index (κ3) is 3.65. The number of methoxy groups -OCH3 is 1. The molecule has 2 aliphatic heterocycles. The van der Waals surface area contributed by atoms with E-state index in [1.165, 1.54) is 19.2 Å². The summed E-state index contributed by atoms with van der Waals surface area (Å²) in [5.74, 6) is -0.818. The number of hydrogen-bond acceptors (Lipinski definition) is 10. The summed E-state index contributed by atoms with van der Waals surface area (Å²) in [5.41, 5.74) is -1.89. The van der Waals surface area contributed by atoms with Crippen molar-refractivity contribution in [3.8, 4) is 11.5 Å². The molecule has 2 saturated heterocycles. The van der Waals surface area contributed by atoms with Crippen molar-refractivity contribution in [1.82, 2.24) is 0 Å². The molecule has 2 aliphatic rings. The summed E-state index contributed by atoms with van der Waals surface area (Å²) in [6.45, 7) is 8.33. The maximum Gasteiger partial charge on any atom is 0.509 e. The normalized spacial score (nSPS) is 28.7. The van der Waals surface area contributed by atoms with Crippen LogP contribution in [0.2, 0.25) is 0 Å². The van der Waals surface area contributed by atoms with Crippen molar-refractivity contribution in [1.29, 1.82) is 0 Å². The lowest BCUT2D eigenvalue weighted by molar-refractivity contribution is -0.287. The highest BCUT2D eigenvalue weighted by atomic mass is 16.8. The molecule has 1 aromatic carbocycles. The molecule has 2 aromatic rings. The topological polar surface area (TPSA) is 131 Å². The molecule has 3 heterocycles. The molecule has 0 bridgehead atoms. The number of carbonyl (C=O) groups excluding carboxylic acids is 2. The van der Waals surface area contributed by atoms with Crippen LogP contribution >= 0.6 is 0 Å². The Labute approximate surface area is 188 Å². The first-order valence-electron chi connectivity index (χ1n) is 10.3. The molecule has 33 heavy (non-hydrogen) atoms. The van der Waals surface area contributed by atoms with E-state index in [4.69, 9.17) is 28.1 Å². The summed E-state index contributed by atoms with van der Waals surface area (Å²) < 4.78 is 33.8. The van der Waals surface area contributed by atoms with E-state index < -0.39 is 59.1 Å². The van der Waals surface area contributed by atoms with Gasteiger partial charge in [0, 0.05) is 12.7 Å². The van der Waals surface area contributed by atoms with Gasteiger partial charge in [-0.1, -0.05) is 6.08 Å². The van der Waals surface area contributed by atoms with E-state index in [0.29, 0.717) is 12.0 Å². The smallest absolute Gasteiger partial charge is 0.506 e. The molecule has 1 N–H and O–H groups in total. The standard InChI is InChI=1S/C23H24O10/c1-6-9-23(4)19(28-5)17-18(32-22(27)31-17)21(33-23)29-13-8-7-12-15(25)14(11(3)24)20(26)30-16(12)10(13)2/h6-8,17-19,21,25H,1,9H2,2-5H3/t17-,18+,19+,21+,23-/m0/s1. The number of ketones is 1. The van der Waals surface area contributed by atoms with Gasteiger partial charge in [0.15, 0.2) is 11.9 Å². The summed E-state index contributed by atoms with van der Waals surface area (Å²) in [7, 11) is 1.48. The molecule has 0 radical (unpaired) electrons. The zero-order valence-electron chi connectivity index (χ0n) is 18.6. The number of carbonyl (C=O) groups is 2. The van der Waals surface area contributed by atoms with Gasteiger partial charge in [-0.15, -0.1) is 6.58 Å². The fraction of sp³-hybridized carbons (Fsp3) is 0.435. The molecule has 0 saturated carbocycles. The molecule has 10 nitrogen and oxygen atoms in total. The Kier molecular flexibility index (Phi) is 5.67. The van der Waals surface area contributed by atoms with Crippen molar-refractivity contribution < 1.29 is 42.8 Å². The van der Waals surface area contributed by atoms with E-state index in [0.717, 1.165) is 6.92 Å².